The molecular formula is C19H27FO3. The molecule has 1 saturated heterocycles. The Hall–Kier alpha value is -1.13. The van der Waals surface area contributed by atoms with Crippen LogP contribution in [-0.2, 0) is 4.74 Å². The van der Waals surface area contributed by atoms with Crippen molar-refractivity contribution in [3.63, 3.8) is 0 Å². The maximum absolute atomic E-state index is 14.2. The molecule has 1 aromatic carbocycles. The normalized spacial score (nSPS) is 34.8. The number of benzene rings is 1. The van der Waals surface area contributed by atoms with Crippen LogP contribution in [0, 0.1) is 17.8 Å². The standard InChI is InChI=1S/C19H27FO3/c1-13-11-18-17(9-10-19(21)23-18)16(13)8-7-14(20)12-22-15-5-3-2-4-6-15/h2-6,13-14,16-19,21H,7-12H2,1H3/t13-,14-,16+,17-,18+,19?/m1/s1. The van der Waals surface area contributed by atoms with Crippen LogP contribution in [0.3, 0.4) is 0 Å². The summed E-state index contributed by atoms with van der Waals surface area (Å²) in [6, 6.07) is 9.39. The first-order chi connectivity index (χ1) is 11.1. The average Bonchev–Trinajstić information content (AvgIpc) is 2.86. The monoisotopic (exact) mass is 322 g/mol. The Labute approximate surface area is 137 Å². The molecule has 1 heterocycles. The van der Waals surface area contributed by atoms with Gasteiger partial charge < -0.3 is 14.6 Å². The van der Waals surface area contributed by atoms with Gasteiger partial charge in [-0.2, -0.15) is 0 Å². The van der Waals surface area contributed by atoms with Crippen molar-refractivity contribution in [2.24, 2.45) is 17.8 Å². The van der Waals surface area contributed by atoms with Gasteiger partial charge in [-0.25, -0.2) is 4.39 Å². The molecular weight excluding hydrogens is 295 g/mol. The van der Waals surface area contributed by atoms with Gasteiger partial charge in [0.15, 0.2) is 6.29 Å². The second-order valence-electron chi connectivity index (χ2n) is 7.05. The van der Waals surface area contributed by atoms with Gasteiger partial charge in [0, 0.05) is 0 Å². The van der Waals surface area contributed by atoms with Crippen LogP contribution >= 0.6 is 0 Å². The third-order valence-electron chi connectivity index (χ3n) is 5.43. The molecule has 1 unspecified atom stereocenters. The molecule has 3 rings (SSSR count). The zero-order valence-electron chi connectivity index (χ0n) is 13.7. The molecule has 1 N–H and O–H groups in total. The Morgan fingerprint density at radius 2 is 2.09 bits per heavy atom. The summed E-state index contributed by atoms with van der Waals surface area (Å²) in [5.74, 6) is 2.25. The maximum atomic E-state index is 14.2. The van der Waals surface area contributed by atoms with E-state index in [4.69, 9.17) is 9.47 Å². The minimum Gasteiger partial charge on any atom is -0.491 e. The molecule has 128 valence electrons. The quantitative estimate of drug-likeness (QED) is 0.862. The number of halogens is 1. The third-order valence-corrected chi connectivity index (χ3v) is 5.43. The Balaban J connectivity index is 1.44. The fourth-order valence-electron chi connectivity index (χ4n) is 4.23. The summed E-state index contributed by atoms with van der Waals surface area (Å²) >= 11 is 0. The lowest BCUT2D eigenvalue weighted by molar-refractivity contribution is -0.178. The number of hydrogen-bond acceptors (Lipinski definition) is 3. The molecule has 1 aromatic rings. The van der Waals surface area contributed by atoms with E-state index in [9.17, 15) is 9.50 Å². The van der Waals surface area contributed by atoms with Crippen molar-refractivity contribution in [3.05, 3.63) is 30.3 Å². The van der Waals surface area contributed by atoms with E-state index in [0.717, 1.165) is 25.0 Å². The van der Waals surface area contributed by atoms with Gasteiger partial charge in [0.25, 0.3) is 0 Å². The summed E-state index contributed by atoms with van der Waals surface area (Å²) in [7, 11) is 0. The Kier molecular flexibility index (Phi) is 5.54. The molecule has 0 spiro atoms. The van der Waals surface area contributed by atoms with Gasteiger partial charge >= 0.3 is 0 Å². The molecule has 0 radical (unpaired) electrons. The summed E-state index contributed by atoms with van der Waals surface area (Å²) < 4.78 is 25.3. The first kappa shape index (κ1) is 16.7. The summed E-state index contributed by atoms with van der Waals surface area (Å²) in [6.45, 7) is 2.35. The number of alkyl halides is 1. The van der Waals surface area contributed by atoms with Gasteiger partial charge in [-0.05, 0) is 62.0 Å². The minimum absolute atomic E-state index is 0.119. The van der Waals surface area contributed by atoms with E-state index in [-0.39, 0.29) is 12.7 Å². The third kappa shape index (κ3) is 4.24. The minimum atomic E-state index is -0.934. The van der Waals surface area contributed by atoms with Crippen molar-refractivity contribution >= 4 is 0 Å². The summed E-state index contributed by atoms with van der Waals surface area (Å²) in [6.07, 6.45) is 2.74. The molecule has 1 saturated carbocycles. The van der Waals surface area contributed by atoms with Crippen molar-refractivity contribution in [2.75, 3.05) is 6.61 Å². The number of aliphatic hydroxyl groups is 1. The molecule has 3 nitrogen and oxygen atoms in total. The molecule has 4 heteroatoms. The number of para-hydroxylation sites is 1. The maximum Gasteiger partial charge on any atom is 0.154 e. The van der Waals surface area contributed by atoms with E-state index < -0.39 is 12.5 Å². The van der Waals surface area contributed by atoms with Crippen LogP contribution in [0.25, 0.3) is 0 Å². The van der Waals surface area contributed by atoms with E-state index in [1.165, 1.54) is 0 Å². The Morgan fingerprint density at radius 3 is 2.87 bits per heavy atom. The van der Waals surface area contributed by atoms with E-state index in [1.54, 1.807) is 0 Å². The molecule has 0 amide bonds. The smallest absolute Gasteiger partial charge is 0.154 e. The van der Waals surface area contributed by atoms with Crippen molar-refractivity contribution < 1.29 is 19.0 Å². The van der Waals surface area contributed by atoms with E-state index in [2.05, 4.69) is 6.92 Å². The van der Waals surface area contributed by atoms with Gasteiger partial charge in [0.05, 0.1) is 6.10 Å². The first-order valence-corrected chi connectivity index (χ1v) is 8.79. The van der Waals surface area contributed by atoms with Crippen molar-refractivity contribution in [3.8, 4) is 5.75 Å². The van der Waals surface area contributed by atoms with Crippen LogP contribution in [0.5, 0.6) is 5.75 Å². The predicted octanol–water partition coefficient (Wildman–Crippen LogP) is 3.95. The van der Waals surface area contributed by atoms with E-state index >= 15 is 0 Å². The highest BCUT2D eigenvalue weighted by molar-refractivity contribution is 5.20. The number of ether oxygens (including phenoxy) is 2. The lowest BCUT2D eigenvalue weighted by Gasteiger charge is -2.33. The fraction of sp³-hybridized carbons (Fsp3) is 0.684. The number of hydrogen-bond donors (Lipinski definition) is 1. The Bertz CT molecular complexity index is 481. The van der Waals surface area contributed by atoms with Gasteiger partial charge in [-0.15, -0.1) is 0 Å². The van der Waals surface area contributed by atoms with Crippen molar-refractivity contribution in [1.82, 2.24) is 0 Å². The van der Waals surface area contributed by atoms with Crippen molar-refractivity contribution in [1.29, 1.82) is 0 Å². The zero-order valence-corrected chi connectivity index (χ0v) is 13.7. The van der Waals surface area contributed by atoms with Crippen molar-refractivity contribution in [2.45, 2.75) is 57.6 Å². The zero-order chi connectivity index (χ0) is 16.2. The van der Waals surface area contributed by atoms with Crippen LogP contribution in [0.2, 0.25) is 0 Å². The molecule has 1 aliphatic carbocycles. The number of aliphatic hydroxyl groups excluding tert-OH is 1. The molecule has 0 bridgehead atoms. The fourth-order valence-corrected chi connectivity index (χ4v) is 4.23. The number of rotatable bonds is 6. The Morgan fingerprint density at radius 1 is 1.30 bits per heavy atom. The largest absolute Gasteiger partial charge is 0.491 e. The molecule has 2 aliphatic rings. The highest BCUT2D eigenvalue weighted by Gasteiger charge is 2.44. The molecule has 6 atom stereocenters. The van der Waals surface area contributed by atoms with Gasteiger partial charge in [0.2, 0.25) is 0 Å². The lowest BCUT2D eigenvalue weighted by Crippen LogP contribution is -2.34. The predicted molar refractivity (Wildman–Crippen MR) is 86.9 cm³/mol. The highest BCUT2D eigenvalue weighted by atomic mass is 19.1. The van der Waals surface area contributed by atoms with Gasteiger partial charge in [-0.3, -0.25) is 0 Å². The second-order valence-corrected chi connectivity index (χ2v) is 7.05. The van der Waals surface area contributed by atoms with E-state index in [1.807, 2.05) is 30.3 Å². The summed E-state index contributed by atoms with van der Waals surface area (Å²) in [5, 5.41) is 9.63. The molecule has 23 heavy (non-hydrogen) atoms. The topological polar surface area (TPSA) is 38.7 Å². The molecule has 1 aliphatic heterocycles. The van der Waals surface area contributed by atoms with Crippen LogP contribution in [-0.4, -0.2) is 30.3 Å². The van der Waals surface area contributed by atoms with Gasteiger partial charge in [-0.1, -0.05) is 25.1 Å². The highest BCUT2D eigenvalue weighted by Crippen LogP contribution is 2.46. The van der Waals surface area contributed by atoms with Crippen LogP contribution in [0.15, 0.2) is 30.3 Å². The van der Waals surface area contributed by atoms with Crippen LogP contribution in [0.4, 0.5) is 4.39 Å². The molecule has 0 aromatic heterocycles. The van der Waals surface area contributed by atoms with E-state index in [0.29, 0.717) is 30.6 Å². The summed E-state index contributed by atoms with van der Waals surface area (Å²) in [4.78, 5) is 0. The SMILES string of the molecule is C[C@@H]1C[C@@H]2OC(O)CC[C@@H]2[C@H]1CC[C@@H](F)COc1ccccc1. The average molecular weight is 322 g/mol. The van der Waals surface area contributed by atoms with Gasteiger partial charge in [0.1, 0.15) is 18.5 Å². The lowest BCUT2D eigenvalue weighted by atomic mass is 9.82. The number of fused-ring (bicyclic) bond motifs is 1. The second kappa shape index (κ2) is 7.63. The van der Waals surface area contributed by atoms with Crippen LogP contribution in [0.1, 0.15) is 39.0 Å². The summed E-state index contributed by atoms with van der Waals surface area (Å²) in [5.41, 5.74) is 0. The van der Waals surface area contributed by atoms with Crippen LogP contribution < -0.4 is 4.74 Å². The first-order valence-electron chi connectivity index (χ1n) is 8.79. The molecule has 2 fully saturated rings.